The molecular formula is C19H21N7. The Labute approximate surface area is 151 Å². The Kier molecular flexibility index (Phi) is 3.41. The molecule has 1 atom stereocenters. The Balaban J connectivity index is 1.67. The van der Waals surface area contributed by atoms with Crippen LogP contribution in [0.3, 0.4) is 0 Å². The second-order valence-corrected chi connectivity index (χ2v) is 6.78. The Morgan fingerprint density at radius 2 is 2.08 bits per heavy atom. The van der Waals surface area contributed by atoms with E-state index < -0.39 is 0 Å². The van der Waals surface area contributed by atoms with Gasteiger partial charge >= 0.3 is 0 Å². The smallest absolute Gasteiger partial charge is 0.254 e. The fourth-order valence-corrected chi connectivity index (χ4v) is 4.11. The van der Waals surface area contributed by atoms with Gasteiger partial charge in [-0.2, -0.15) is 14.6 Å². The normalized spacial score (nSPS) is 17.6. The van der Waals surface area contributed by atoms with Crippen molar-refractivity contribution < 1.29 is 0 Å². The number of aromatic nitrogens is 6. The molecule has 1 aliphatic heterocycles. The van der Waals surface area contributed by atoms with Gasteiger partial charge < -0.3 is 9.47 Å². The molecule has 1 aliphatic rings. The summed E-state index contributed by atoms with van der Waals surface area (Å²) in [7, 11) is 0. The van der Waals surface area contributed by atoms with Crippen molar-refractivity contribution in [2.24, 2.45) is 0 Å². The first-order valence-electron chi connectivity index (χ1n) is 9.15. The van der Waals surface area contributed by atoms with Gasteiger partial charge in [0.2, 0.25) is 0 Å². The van der Waals surface area contributed by atoms with Crippen molar-refractivity contribution in [2.75, 3.05) is 11.4 Å². The molecule has 4 aromatic rings. The van der Waals surface area contributed by atoms with Crippen LogP contribution in [0.2, 0.25) is 0 Å². The SMILES string of the molecule is CCn1c([C@H]2CCCN2c2cc(C)nc3ncnn23)nc2ccccc21. The summed E-state index contributed by atoms with van der Waals surface area (Å²) >= 11 is 0. The van der Waals surface area contributed by atoms with Gasteiger partial charge in [-0.15, -0.1) is 0 Å². The van der Waals surface area contributed by atoms with Crippen LogP contribution in [0.5, 0.6) is 0 Å². The molecule has 0 unspecified atom stereocenters. The standard InChI is InChI=1S/C19H21N7/c1-3-24-15-8-5-4-7-14(15)23-18(24)16-9-6-10-25(16)17-11-13(2)22-19-20-12-21-26(17)19/h4-5,7-8,11-12,16H,3,6,9-10H2,1-2H3/t16-/m1/s1. The van der Waals surface area contributed by atoms with Crippen LogP contribution in [-0.2, 0) is 6.54 Å². The second-order valence-electron chi connectivity index (χ2n) is 6.78. The molecule has 0 saturated carbocycles. The maximum atomic E-state index is 4.99. The van der Waals surface area contributed by atoms with E-state index in [0.717, 1.165) is 48.8 Å². The predicted octanol–water partition coefficient (Wildman–Crippen LogP) is 3.14. The van der Waals surface area contributed by atoms with Crippen LogP contribution in [0.1, 0.15) is 37.3 Å². The molecule has 1 aromatic carbocycles. The van der Waals surface area contributed by atoms with Crippen LogP contribution < -0.4 is 4.90 Å². The van der Waals surface area contributed by atoms with Crippen LogP contribution in [-0.4, -0.2) is 35.7 Å². The first-order chi connectivity index (χ1) is 12.8. The van der Waals surface area contributed by atoms with E-state index in [1.165, 1.54) is 5.52 Å². The number of fused-ring (bicyclic) bond motifs is 2. The molecule has 0 N–H and O–H groups in total. The summed E-state index contributed by atoms with van der Waals surface area (Å²) < 4.78 is 4.18. The highest BCUT2D eigenvalue weighted by molar-refractivity contribution is 5.76. The minimum atomic E-state index is 0.233. The van der Waals surface area contributed by atoms with Gasteiger partial charge in [0.1, 0.15) is 18.0 Å². The fraction of sp³-hybridized carbons (Fsp3) is 0.368. The van der Waals surface area contributed by atoms with Gasteiger partial charge in [-0.05, 0) is 38.8 Å². The molecule has 1 saturated heterocycles. The summed E-state index contributed by atoms with van der Waals surface area (Å²) in [6.07, 6.45) is 3.79. The summed E-state index contributed by atoms with van der Waals surface area (Å²) in [5.74, 6) is 2.82. The van der Waals surface area contributed by atoms with E-state index in [1.807, 2.05) is 11.4 Å². The third-order valence-electron chi connectivity index (χ3n) is 5.21. The largest absolute Gasteiger partial charge is 0.346 e. The first kappa shape index (κ1) is 15.3. The minimum absolute atomic E-state index is 0.233. The van der Waals surface area contributed by atoms with Gasteiger partial charge in [0.05, 0.1) is 17.1 Å². The van der Waals surface area contributed by atoms with Gasteiger partial charge in [0, 0.05) is 24.8 Å². The van der Waals surface area contributed by atoms with E-state index in [1.54, 1.807) is 6.33 Å². The van der Waals surface area contributed by atoms with Gasteiger partial charge in [-0.1, -0.05) is 12.1 Å². The molecular weight excluding hydrogens is 326 g/mol. The molecule has 5 rings (SSSR count). The molecule has 0 bridgehead atoms. The van der Waals surface area contributed by atoms with E-state index >= 15 is 0 Å². The molecule has 4 heterocycles. The maximum Gasteiger partial charge on any atom is 0.254 e. The summed E-state index contributed by atoms with van der Waals surface area (Å²) in [6, 6.07) is 10.7. The van der Waals surface area contributed by atoms with Crippen molar-refractivity contribution in [3.05, 3.63) is 48.2 Å². The average Bonchev–Trinajstić information content (AvgIpc) is 3.37. The number of imidazole rings is 1. The van der Waals surface area contributed by atoms with Crippen molar-refractivity contribution in [2.45, 2.75) is 39.3 Å². The number of hydrogen-bond donors (Lipinski definition) is 0. The number of rotatable bonds is 3. The first-order valence-corrected chi connectivity index (χ1v) is 9.15. The zero-order valence-electron chi connectivity index (χ0n) is 15.0. The lowest BCUT2D eigenvalue weighted by Gasteiger charge is -2.27. The molecule has 26 heavy (non-hydrogen) atoms. The van der Waals surface area contributed by atoms with Crippen molar-refractivity contribution in [3.63, 3.8) is 0 Å². The molecule has 1 fully saturated rings. The molecule has 132 valence electrons. The van der Waals surface area contributed by atoms with E-state index in [0.29, 0.717) is 5.78 Å². The van der Waals surface area contributed by atoms with Crippen molar-refractivity contribution in [3.8, 4) is 0 Å². The molecule has 3 aromatic heterocycles. The fourth-order valence-electron chi connectivity index (χ4n) is 4.11. The monoisotopic (exact) mass is 347 g/mol. The van der Waals surface area contributed by atoms with E-state index in [-0.39, 0.29) is 6.04 Å². The zero-order valence-corrected chi connectivity index (χ0v) is 15.0. The van der Waals surface area contributed by atoms with Crippen LogP contribution in [0.4, 0.5) is 5.82 Å². The number of para-hydroxylation sites is 2. The highest BCUT2D eigenvalue weighted by Crippen LogP contribution is 2.37. The number of anilines is 1. The van der Waals surface area contributed by atoms with Crippen LogP contribution in [0.15, 0.2) is 36.7 Å². The lowest BCUT2D eigenvalue weighted by Crippen LogP contribution is -2.27. The van der Waals surface area contributed by atoms with Gasteiger partial charge in [-0.25, -0.2) is 9.97 Å². The summed E-state index contributed by atoms with van der Waals surface area (Å²) in [4.78, 5) is 16.1. The lowest BCUT2D eigenvalue weighted by molar-refractivity contribution is 0.601. The predicted molar refractivity (Wildman–Crippen MR) is 100 cm³/mol. The van der Waals surface area contributed by atoms with Crippen molar-refractivity contribution >= 4 is 22.6 Å². The molecule has 0 amide bonds. The van der Waals surface area contributed by atoms with Crippen LogP contribution >= 0.6 is 0 Å². The van der Waals surface area contributed by atoms with Gasteiger partial charge in [0.15, 0.2) is 0 Å². The maximum absolute atomic E-state index is 4.99. The molecule has 0 spiro atoms. The van der Waals surface area contributed by atoms with Crippen LogP contribution in [0.25, 0.3) is 16.8 Å². The number of benzene rings is 1. The van der Waals surface area contributed by atoms with Crippen LogP contribution in [0, 0.1) is 6.92 Å². The quantitative estimate of drug-likeness (QED) is 0.570. The Hall–Kier alpha value is -2.96. The highest BCUT2D eigenvalue weighted by Gasteiger charge is 2.32. The Bertz CT molecular complexity index is 1090. The number of nitrogens with zero attached hydrogens (tertiary/aromatic N) is 7. The Morgan fingerprint density at radius 3 is 2.96 bits per heavy atom. The minimum Gasteiger partial charge on any atom is -0.346 e. The highest BCUT2D eigenvalue weighted by atomic mass is 15.4. The average molecular weight is 347 g/mol. The molecule has 0 aliphatic carbocycles. The molecule has 7 heteroatoms. The summed E-state index contributed by atoms with van der Waals surface area (Å²) in [5.41, 5.74) is 3.22. The Morgan fingerprint density at radius 1 is 1.19 bits per heavy atom. The summed E-state index contributed by atoms with van der Waals surface area (Å²) in [6.45, 7) is 6.08. The lowest BCUT2D eigenvalue weighted by atomic mass is 10.2. The molecule has 0 radical (unpaired) electrons. The molecule has 7 nitrogen and oxygen atoms in total. The third-order valence-corrected chi connectivity index (χ3v) is 5.21. The third kappa shape index (κ3) is 2.20. The van der Waals surface area contributed by atoms with Gasteiger partial charge in [0.25, 0.3) is 5.78 Å². The zero-order chi connectivity index (χ0) is 17.7. The van der Waals surface area contributed by atoms with E-state index in [9.17, 15) is 0 Å². The topological polar surface area (TPSA) is 64.1 Å². The summed E-state index contributed by atoms with van der Waals surface area (Å²) in [5, 5.41) is 4.39. The number of hydrogen-bond acceptors (Lipinski definition) is 5. The number of aryl methyl sites for hydroxylation is 2. The second kappa shape index (κ2) is 5.79. The van der Waals surface area contributed by atoms with Crippen molar-refractivity contribution in [1.82, 2.24) is 29.1 Å². The van der Waals surface area contributed by atoms with Gasteiger partial charge in [-0.3, -0.25) is 0 Å². The van der Waals surface area contributed by atoms with Crippen molar-refractivity contribution in [1.29, 1.82) is 0 Å². The van der Waals surface area contributed by atoms with E-state index in [2.05, 4.69) is 61.8 Å². The van der Waals surface area contributed by atoms with E-state index in [4.69, 9.17) is 4.98 Å².